The van der Waals surface area contributed by atoms with Crippen LogP contribution in [0.15, 0.2) is 71.3 Å². The lowest BCUT2D eigenvalue weighted by atomic mass is 10.2. The molecule has 0 unspecified atom stereocenters. The highest BCUT2D eigenvalue weighted by atomic mass is 79.9. The zero-order valence-corrected chi connectivity index (χ0v) is 14.6. The summed E-state index contributed by atoms with van der Waals surface area (Å²) < 4.78 is 0.942. The monoisotopic (exact) mass is 392 g/mol. The van der Waals surface area contributed by atoms with E-state index in [4.69, 9.17) is 5.26 Å². The van der Waals surface area contributed by atoms with Crippen molar-refractivity contribution in [2.75, 3.05) is 10.6 Å². The summed E-state index contributed by atoms with van der Waals surface area (Å²) in [6.07, 6.45) is 1.57. The Morgan fingerprint density at radius 1 is 0.960 bits per heavy atom. The molecule has 1 amide bonds. The van der Waals surface area contributed by atoms with E-state index >= 15 is 0 Å². The van der Waals surface area contributed by atoms with Crippen molar-refractivity contribution in [1.82, 2.24) is 4.98 Å². The fourth-order valence-electron chi connectivity index (χ4n) is 2.16. The second-order valence-corrected chi connectivity index (χ2v) is 6.12. The number of carbonyl (C=O) groups excluding carboxylic acids is 1. The van der Waals surface area contributed by atoms with Crippen LogP contribution in [0.3, 0.4) is 0 Å². The number of nitrogens with one attached hydrogen (secondary N) is 2. The first-order valence-corrected chi connectivity index (χ1v) is 8.23. The Morgan fingerprint density at radius 2 is 1.64 bits per heavy atom. The van der Waals surface area contributed by atoms with E-state index in [1.165, 1.54) is 0 Å². The molecule has 2 aromatic carbocycles. The molecule has 0 radical (unpaired) electrons. The van der Waals surface area contributed by atoms with E-state index in [0.717, 1.165) is 15.8 Å². The summed E-state index contributed by atoms with van der Waals surface area (Å²) in [6, 6.07) is 19.9. The first-order valence-electron chi connectivity index (χ1n) is 7.44. The van der Waals surface area contributed by atoms with E-state index < -0.39 is 0 Å². The van der Waals surface area contributed by atoms with Crippen molar-refractivity contribution in [2.24, 2.45) is 0 Å². The van der Waals surface area contributed by atoms with Crippen LogP contribution in [0, 0.1) is 11.3 Å². The first-order chi connectivity index (χ1) is 12.1. The molecule has 0 bridgehead atoms. The summed E-state index contributed by atoms with van der Waals surface area (Å²) >= 11 is 3.36. The summed E-state index contributed by atoms with van der Waals surface area (Å²) in [5.41, 5.74) is 3.15. The molecule has 0 aliphatic carbocycles. The maximum absolute atomic E-state index is 12.3. The summed E-state index contributed by atoms with van der Waals surface area (Å²) in [5, 5.41) is 14.8. The van der Waals surface area contributed by atoms with Gasteiger partial charge < -0.3 is 10.6 Å². The standard InChI is InChI=1S/C19H13BrN4O/c20-14-3-7-16(8-4-14)24-19(25)18-11-17(9-10-22-18)23-15-5-1-13(12-21)2-6-15/h1-11H,(H,22,23)(H,24,25). The molecule has 0 atom stereocenters. The third kappa shape index (κ3) is 4.43. The lowest BCUT2D eigenvalue weighted by molar-refractivity contribution is 0.102. The Hall–Kier alpha value is -3.17. The molecule has 0 saturated carbocycles. The van der Waals surface area contributed by atoms with Crippen LogP contribution >= 0.6 is 15.9 Å². The molecule has 0 saturated heterocycles. The number of carbonyl (C=O) groups is 1. The second-order valence-electron chi connectivity index (χ2n) is 5.20. The number of aromatic nitrogens is 1. The number of benzene rings is 2. The lowest BCUT2D eigenvalue weighted by Crippen LogP contribution is -2.13. The van der Waals surface area contributed by atoms with Crippen LogP contribution in [-0.2, 0) is 0 Å². The maximum Gasteiger partial charge on any atom is 0.274 e. The predicted molar refractivity (Wildman–Crippen MR) is 101 cm³/mol. The van der Waals surface area contributed by atoms with E-state index in [-0.39, 0.29) is 5.91 Å². The van der Waals surface area contributed by atoms with Gasteiger partial charge >= 0.3 is 0 Å². The van der Waals surface area contributed by atoms with Crippen LogP contribution in [0.4, 0.5) is 17.1 Å². The van der Waals surface area contributed by atoms with Gasteiger partial charge in [-0.1, -0.05) is 15.9 Å². The normalized spacial score (nSPS) is 9.92. The molecule has 122 valence electrons. The fourth-order valence-corrected chi connectivity index (χ4v) is 2.42. The SMILES string of the molecule is N#Cc1ccc(Nc2ccnc(C(=O)Nc3ccc(Br)cc3)c2)cc1. The summed E-state index contributed by atoms with van der Waals surface area (Å²) in [6.45, 7) is 0. The second kappa shape index (κ2) is 7.60. The summed E-state index contributed by atoms with van der Waals surface area (Å²) in [5.74, 6) is -0.286. The van der Waals surface area contributed by atoms with E-state index in [1.54, 1.807) is 54.7 Å². The number of nitriles is 1. The fraction of sp³-hybridized carbons (Fsp3) is 0. The van der Waals surface area contributed by atoms with Crippen LogP contribution in [0.1, 0.15) is 16.1 Å². The molecule has 3 rings (SSSR count). The highest BCUT2D eigenvalue weighted by molar-refractivity contribution is 9.10. The number of hydrogen-bond donors (Lipinski definition) is 2. The molecule has 6 heteroatoms. The topological polar surface area (TPSA) is 77.8 Å². The number of halogens is 1. The average Bonchev–Trinajstić information content (AvgIpc) is 2.64. The average molecular weight is 393 g/mol. The van der Waals surface area contributed by atoms with Gasteiger partial charge in [0.05, 0.1) is 11.6 Å². The van der Waals surface area contributed by atoms with Crippen LogP contribution < -0.4 is 10.6 Å². The minimum absolute atomic E-state index is 0.286. The molecule has 2 N–H and O–H groups in total. The third-order valence-corrected chi connectivity index (χ3v) is 3.93. The van der Waals surface area contributed by atoms with Gasteiger partial charge in [0.25, 0.3) is 5.91 Å². The van der Waals surface area contributed by atoms with Gasteiger partial charge in [-0.3, -0.25) is 9.78 Å². The number of hydrogen-bond acceptors (Lipinski definition) is 4. The largest absolute Gasteiger partial charge is 0.355 e. The number of amides is 1. The number of rotatable bonds is 4. The van der Waals surface area contributed by atoms with Crippen LogP contribution in [0.25, 0.3) is 0 Å². The Morgan fingerprint density at radius 3 is 2.32 bits per heavy atom. The zero-order chi connectivity index (χ0) is 17.6. The molecule has 0 aliphatic heterocycles. The Kier molecular flexibility index (Phi) is 5.07. The van der Waals surface area contributed by atoms with Gasteiger partial charge in [0.15, 0.2) is 0 Å². The van der Waals surface area contributed by atoms with Gasteiger partial charge in [-0.05, 0) is 60.7 Å². The quantitative estimate of drug-likeness (QED) is 0.673. The Bertz CT molecular complexity index is 931. The van der Waals surface area contributed by atoms with Crippen molar-refractivity contribution >= 4 is 38.9 Å². The van der Waals surface area contributed by atoms with Gasteiger partial charge in [-0.25, -0.2) is 0 Å². The minimum Gasteiger partial charge on any atom is -0.355 e. The van der Waals surface area contributed by atoms with Crippen molar-refractivity contribution in [3.05, 3.63) is 82.6 Å². The molecule has 0 fully saturated rings. The van der Waals surface area contributed by atoms with Crippen molar-refractivity contribution in [3.63, 3.8) is 0 Å². The van der Waals surface area contributed by atoms with Gasteiger partial charge in [0.2, 0.25) is 0 Å². The molecule has 25 heavy (non-hydrogen) atoms. The van der Waals surface area contributed by atoms with Crippen molar-refractivity contribution in [1.29, 1.82) is 5.26 Å². The van der Waals surface area contributed by atoms with Gasteiger partial charge in [-0.2, -0.15) is 5.26 Å². The van der Waals surface area contributed by atoms with Gasteiger partial charge in [0, 0.05) is 27.7 Å². The molecule has 1 heterocycles. The molecule has 5 nitrogen and oxygen atoms in total. The molecular formula is C19H13BrN4O. The van der Waals surface area contributed by atoms with Gasteiger partial charge in [-0.15, -0.1) is 0 Å². The van der Waals surface area contributed by atoms with E-state index in [1.807, 2.05) is 12.1 Å². The highest BCUT2D eigenvalue weighted by Gasteiger charge is 2.09. The zero-order valence-electron chi connectivity index (χ0n) is 13.0. The first kappa shape index (κ1) is 16.7. The molecule has 0 aliphatic rings. The predicted octanol–water partition coefficient (Wildman–Crippen LogP) is 4.71. The van der Waals surface area contributed by atoms with Gasteiger partial charge in [0.1, 0.15) is 5.69 Å². The van der Waals surface area contributed by atoms with Crippen LogP contribution in [-0.4, -0.2) is 10.9 Å². The lowest BCUT2D eigenvalue weighted by Gasteiger charge is -2.09. The van der Waals surface area contributed by atoms with Crippen molar-refractivity contribution < 1.29 is 4.79 Å². The number of nitrogens with zero attached hydrogens (tertiary/aromatic N) is 2. The van der Waals surface area contributed by atoms with Crippen molar-refractivity contribution in [2.45, 2.75) is 0 Å². The highest BCUT2D eigenvalue weighted by Crippen LogP contribution is 2.19. The van der Waals surface area contributed by atoms with Crippen molar-refractivity contribution in [3.8, 4) is 6.07 Å². The van der Waals surface area contributed by atoms with Crippen LogP contribution in [0.2, 0.25) is 0 Å². The molecule has 1 aromatic heterocycles. The smallest absolute Gasteiger partial charge is 0.274 e. The van der Waals surface area contributed by atoms with E-state index in [2.05, 4.69) is 37.6 Å². The van der Waals surface area contributed by atoms with E-state index in [9.17, 15) is 4.79 Å². The summed E-state index contributed by atoms with van der Waals surface area (Å²) in [4.78, 5) is 16.5. The molecule has 3 aromatic rings. The van der Waals surface area contributed by atoms with Crippen LogP contribution in [0.5, 0.6) is 0 Å². The Labute approximate surface area is 153 Å². The number of anilines is 3. The number of pyridine rings is 1. The third-order valence-electron chi connectivity index (χ3n) is 3.40. The van der Waals surface area contributed by atoms with E-state index in [0.29, 0.717) is 16.9 Å². The minimum atomic E-state index is -0.286. The Balaban J connectivity index is 1.72. The molecule has 0 spiro atoms. The molecular weight excluding hydrogens is 380 g/mol. The summed E-state index contributed by atoms with van der Waals surface area (Å²) in [7, 11) is 0. The maximum atomic E-state index is 12.3.